The molecule has 0 bridgehead atoms. The first-order chi connectivity index (χ1) is 9.60. The number of amides is 1. The normalized spacial score (nSPS) is 11.4. The van der Waals surface area contributed by atoms with Gasteiger partial charge in [-0.05, 0) is 12.1 Å². The Balaban J connectivity index is 2.65. The van der Waals surface area contributed by atoms with Gasteiger partial charge in [0.05, 0.1) is 0 Å². The second-order valence-corrected chi connectivity index (χ2v) is 4.34. The summed E-state index contributed by atoms with van der Waals surface area (Å²) < 4.78 is 66.7. The number of hydrogen-bond donors (Lipinski definition) is 1. The second-order valence-electron chi connectivity index (χ2n) is 4.34. The van der Waals surface area contributed by atoms with E-state index in [4.69, 9.17) is 0 Å². The fourth-order valence-corrected chi connectivity index (χ4v) is 1.52. The van der Waals surface area contributed by atoms with Crippen molar-refractivity contribution in [1.82, 2.24) is 0 Å². The lowest BCUT2D eigenvalue weighted by Gasteiger charge is -2.16. The summed E-state index contributed by atoms with van der Waals surface area (Å²) in [6, 6.07) is 1.72. The van der Waals surface area contributed by atoms with Crippen molar-refractivity contribution >= 4 is 17.3 Å². The van der Waals surface area contributed by atoms with Crippen LogP contribution in [0.25, 0.3) is 0 Å². The Morgan fingerprint density at radius 1 is 1.24 bits per heavy atom. The first-order valence-corrected chi connectivity index (χ1v) is 5.71. The highest BCUT2D eigenvalue weighted by molar-refractivity contribution is 5.91. The maximum absolute atomic E-state index is 13.6. The number of rotatable bonds is 5. The van der Waals surface area contributed by atoms with Gasteiger partial charge in [-0.2, -0.15) is 13.2 Å². The lowest BCUT2D eigenvalue weighted by molar-refractivity contribution is -0.174. The van der Waals surface area contributed by atoms with E-state index >= 15 is 0 Å². The molecular formula is C12H13F5N2O2. The average molecular weight is 312 g/mol. The van der Waals surface area contributed by atoms with Crippen molar-refractivity contribution in [3.63, 3.8) is 0 Å². The van der Waals surface area contributed by atoms with Crippen molar-refractivity contribution in [2.75, 3.05) is 37.5 Å². The van der Waals surface area contributed by atoms with Crippen molar-refractivity contribution in [3.8, 4) is 0 Å². The van der Waals surface area contributed by atoms with Gasteiger partial charge in [0.2, 0.25) is 5.91 Å². The van der Waals surface area contributed by atoms with Crippen LogP contribution < -0.4 is 10.2 Å². The molecule has 0 radical (unpaired) electrons. The molecule has 1 amide bonds. The highest BCUT2D eigenvalue weighted by Crippen LogP contribution is 2.25. The third-order valence-corrected chi connectivity index (χ3v) is 2.25. The van der Waals surface area contributed by atoms with Crippen LogP contribution in [-0.4, -0.2) is 39.4 Å². The largest absolute Gasteiger partial charge is 0.411 e. The van der Waals surface area contributed by atoms with Crippen molar-refractivity contribution in [2.24, 2.45) is 0 Å². The van der Waals surface area contributed by atoms with Crippen molar-refractivity contribution in [1.29, 1.82) is 0 Å². The van der Waals surface area contributed by atoms with Crippen LogP contribution in [0.3, 0.4) is 0 Å². The standard InChI is InChI=1S/C12H13F5N2O2/c1-19(2)11-8(13)3-7(4-9(11)14)18-10(20)5-21-6-12(15,16)17/h3-4H,5-6H2,1-2H3,(H,18,20). The number of alkyl halides is 3. The molecule has 0 aromatic heterocycles. The van der Waals surface area contributed by atoms with Crippen molar-refractivity contribution in [2.45, 2.75) is 6.18 Å². The zero-order valence-corrected chi connectivity index (χ0v) is 11.2. The van der Waals surface area contributed by atoms with E-state index in [1.165, 1.54) is 19.0 Å². The fourth-order valence-electron chi connectivity index (χ4n) is 1.52. The lowest BCUT2D eigenvalue weighted by atomic mass is 10.2. The van der Waals surface area contributed by atoms with Gasteiger partial charge in [0, 0.05) is 19.8 Å². The van der Waals surface area contributed by atoms with Crippen LogP contribution >= 0.6 is 0 Å². The molecule has 0 atom stereocenters. The Hall–Kier alpha value is -1.90. The fraction of sp³-hybridized carbons (Fsp3) is 0.417. The summed E-state index contributed by atoms with van der Waals surface area (Å²) in [5.74, 6) is -2.77. The predicted molar refractivity (Wildman–Crippen MR) is 66.2 cm³/mol. The smallest absolute Gasteiger partial charge is 0.373 e. The molecule has 0 fully saturated rings. The van der Waals surface area contributed by atoms with Gasteiger partial charge in [-0.1, -0.05) is 0 Å². The van der Waals surface area contributed by atoms with Gasteiger partial charge in [0.25, 0.3) is 0 Å². The molecule has 1 N–H and O–H groups in total. The molecule has 21 heavy (non-hydrogen) atoms. The molecule has 118 valence electrons. The molecule has 0 saturated heterocycles. The minimum absolute atomic E-state index is 0.212. The number of hydrogen-bond acceptors (Lipinski definition) is 3. The van der Waals surface area contributed by atoms with E-state index in [2.05, 4.69) is 4.74 Å². The summed E-state index contributed by atoms with van der Waals surface area (Å²) in [7, 11) is 2.87. The first kappa shape index (κ1) is 17.2. The number of anilines is 2. The maximum Gasteiger partial charge on any atom is 0.411 e. The third kappa shape index (κ3) is 5.54. The monoisotopic (exact) mass is 312 g/mol. The Bertz CT molecular complexity index is 494. The maximum atomic E-state index is 13.6. The molecule has 0 saturated carbocycles. The van der Waals surface area contributed by atoms with Crippen molar-refractivity contribution in [3.05, 3.63) is 23.8 Å². The van der Waals surface area contributed by atoms with Crippen LogP contribution in [0.2, 0.25) is 0 Å². The van der Waals surface area contributed by atoms with E-state index in [0.29, 0.717) is 0 Å². The zero-order valence-electron chi connectivity index (χ0n) is 11.2. The molecule has 1 aromatic carbocycles. The molecule has 9 heteroatoms. The summed E-state index contributed by atoms with van der Waals surface area (Å²) >= 11 is 0. The third-order valence-electron chi connectivity index (χ3n) is 2.25. The molecular weight excluding hydrogens is 299 g/mol. The van der Waals surface area contributed by atoms with Gasteiger partial charge in [-0.25, -0.2) is 8.78 Å². The number of carbonyl (C=O) groups excluding carboxylic acids is 1. The highest BCUT2D eigenvalue weighted by atomic mass is 19.4. The van der Waals surface area contributed by atoms with Gasteiger partial charge in [-0.3, -0.25) is 4.79 Å². The molecule has 0 aliphatic heterocycles. The Morgan fingerprint density at radius 3 is 2.19 bits per heavy atom. The quantitative estimate of drug-likeness (QED) is 0.850. The van der Waals surface area contributed by atoms with Crippen LogP contribution in [-0.2, 0) is 9.53 Å². The van der Waals surface area contributed by atoms with Gasteiger partial charge < -0.3 is 15.0 Å². The van der Waals surface area contributed by atoms with E-state index in [9.17, 15) is 26.7 Å². The molecule has 0 spiro atoms. The number of nitrogens with zero attached hydrogens (tertiary/aromatic N) is 1. The molecule has 1 aromatic rings. The van der Waals surface area contributed by atoms with Gasteiger partial charge in [-0.15, -0.1) is 0 Å². The Labute approximate surface area is 117 Å². The summed E-state index contributed by atoms with van der Waals surface area (Å²) in [4.78, 5) is 12.5. The second kappa shape index (κ2) is 6.70. The van der Waals surface area contributed by atoms with E-state index in [1.54, 1.807) is 0 Å². The summed E-state index contributed by atoms with van der Waals surface area (Å²) in [6.45, 7) is -2.46. The Kier molecular flexibility index (Phi) is 5.47. The molecule has 0 unspecified atom stereocenters. The van der Waals surface area contributed by atoms with Gasteiger partial charge >= 0.3 is 6.18 Å². The molecule has 0 aliphatic carbocycles. The van der Waals surface area contributed by atoms with E-state index in [1.807, 2.05) is 5.32 Å². The lowest BCUT2D eigenvalue weighted by Crippen LogP contribution is -2.24. The SMILES string of the molecule is CN(C)c1c(F)cc(NC(=O)COCC(F)(F)F)cc1F. The number of benzene rings is 1. The summed E-state index contributed by atoms with van der Waals surface area (Å²) in [5, 5.41) is 2.05. The van der Waals surface area contributed by atoms with Crippen LogP contribution in [0.15, 0.2) is 12.1 Å². The van der Waals surface area contributed by atoms with Gasteiger partial charge in [0.1, 0.15) is 18.9 Å². The first-order valence-electron chi connectivity index (χ1n) is 5.71. The molecule has 1 rings (SSSR count). The number of nitrogens with one attached hydrogen (secondary N) is 1. The van der Waals surface area contributed by atoms with Gasteiger partial charge in [0.15, 0.2) is 11.6 Å². The molecule has 4 nitrogen and oxygen atoms in total. The van der Waals surface area contributed by atoms with Crippen LogP contribution in [0, 0.1) is 11.6 Å². The highest BCUT2D eigenvalue weighted by Gasteiger charge is 2.27. The Morgan fingerprint density at radius 2 is 1.76 bits per heavy atom. The minimum atomic E-state index is -4.55. The van der Waals surface area contributed by atoms with Crippen molar-refractivity contribution < 1.29 is 31.5 Å². The van der Waals surface area contributed by atoms with E-state index in [-0.39, 0.29) is 11.4 Å². The van der Waals surface area contributed by atoms with Crippen LogP contribution in [0.4, 0.5) is 33.3 Å². The van der Waals surface area contributed by atoms with Crippen LogP contribution in [0.1, 0.15) is 0 Å². The number of halogens is 5. The minimum Gasteiger partial charge on any atom is -0.373 e. The average Bonchev–Trinajstić information content (AvgIpc) is 2.24. The topological polar surface area (TPSA) is 41.6 Å². The number of ether oxygens (including phenoxy) is 1. The zero-order chi connectivity index (χ0) is 16.2. The van der Waals surface area contributed by atoms with E-state index < -0.39 is 36.9 Å². The molecule has 0 heterocycles. The molecule has 0 aliphatic rings. The summed E-state index contributed by atoms with van der Waals surface area (Å²) in [6.07, 6.45) is -4.55. The van der Waals surface area contributed by atoms with E-state index in [0.717, 1.165) is 12.1 Å². The number of carbonyl (C=O) groups is 1. The summed E-state index contributed by atoms with van der Waals surface area (Å²) in [5.41, 5.74) is -0.502. The predicted octanol–water partition coefficient (Wildman–Crippen LogP) is 2.55. The van der Waals surface area contributed by atoms with Crippen LogP contribution in [0.5, 0.6) is 0 Å².